The number of thiophene rings is 2. The van der Waals surface area contributed by atoms with Crippen molar-refractivity contribution >= 4 is 216 Å². The van der Waals surface area contributed by atoms with E-state index in [0.717, 1.165) is 27.6 Å². The number of benzene rings is 19. The van der Waals surface area contributed by atoms with Crippen molar-refractivity contribution in [3.63, 3.8) is 0 Å². The monoisotopic (exact) mass is 1600 g/mol. The van der Waals surface area contributed by atoms with Crippen LogP contribution in [0, 0.1) is 0 Å². The van der Waals surface area contributed by atoms with Crippen LogP contribution >= 0.6 is 22.7 Å². The zero-order chi connectivity index (χ0) is 80.5. The first-order valence-electron chi connectivity index (χ1n) is 41.9. The highest BCUT2D eigenvalue weighted by atomic mass is 32.1. The van der Waals surface area contributed by atoms with Crippen LogP contribution in [0.3, 0.4) is 0 Å². The van der Waals surface area contributed by atoms with Crippen LogP contribution in [0.15, 0.2) is 429 Å². The van der Waals surface area contributed by atoms with Gasteiger partial charge in [0.05, 0.1) is 66.2 Å². The van der Waals surface area contributed by atoms with Crippen LogP contribution in [0.1, 0.15) is 0 Å². The minimum Gasteiger partial charge on any atom is -0.456 e. The summed E-state index contributed by atoms with van der Waals surface area (Å²) in [7, 11) is 0. The number of nitrogens with zero attached hydrogens (tertiary/aromatic N) is 6. The van der Waals surface area contributed by atoms with Gasteiger partial charge in [-0.25, -0.2) is 0 Å². The van der Waals surface area contributed by atoms with E-state index in [1.165, 1.54) is 211 Å². The van der Waals surface area contributed by atoms with Crippen molar-refractivity contribution < 1.29 is 4.42 Å². The fraction of sp³-hybridized carbons (Fsp3) is 0. The number of furan rings is 1. The van der Waals surface area contributed by atoms with Crippen LogP contribution in [0.2, 0.25) is 0 Å². The lowest BCUT2D eigenvalue weighted by Gasteiger charge is -2.10. The van der Waals surface area contributed by atoms with E-state index in [2.05, 4.69) is 440 Å². The molecule has 0 bridgehead atoms. The van der Waals surface area contributed by atoms with E-state index in [4.69, 9.17) is 4.42 Å². The molecule has 0 radical (unpaired) electrons. The molecule has 0 atom stereocenters. The highest BCUT2D eigenvalue weighted by Crippen LogP contribution is 2.47. The topological polar surface area (TPSA) is 42.7 Å². The second kappa shape index (κ2) is 27.4. The van der Waals surface area contributed by atoms with Gasteiger partial charge in [-0.05, 0) is 187 Å². The minimum atomic E-state index is 0.911. The van der Waals surface area contributed by atoms with E-state index in [-0.39, 0.29) is 0 Å². The van der Waals surface area contributed by atoms with Crippen molar-refractivity contribution in [2.45, 2.75) is 0 Å². The lowest BCUT2D eigenvalue weighted by molar-refractivity contribution is 0.669. The highest BCUT2D eigenvalue weighted by molar-refractivity contribution is 7.26. The highest BCUT2D eigenvalue weighted by Gasteiger charge is 2.25. The first-order valence-corrected chi connectivity index (χ1v) is 43.6. The molecule has 0 aliphatic rings. The van der Waals surface area contributed by atoms with Gasteiger partial charge in [-0.1, -0.05) is 249 Å². The molecule has 0 amide bonds. The number of hydrogen-bond donors (Lipinski definition) is 0. The Bertz CT molecular complexity index is 8860. The standard InChI is InChI=1S/C42H26N2S.C36H22N2O.C36H22N2S/c1-2-11-28(12-3-1)43-37-18-7-4-13-31(37)35-26-40-36(25-39(35)43)32-14-5-8-19-38(32)44(40)29-23-21-27(22-24-29)30-16-10-17-34-33-15-6-9-20-41(33)45-42(30)34;2*1-2-10-23(11-3-1)37-31-15-7-4-12-25(31)28-22-34-29(21-33(28)37)26-13-5-8-16-32(26)38(34)24-18-19-36-30(20-24)27-14-6-9-17-35(27)39-36/h1-26H;2*1-22H. The second-order valence-corrected chi connectivity index (χ2v) is 34.3. The summed E-state index contributed by atoms with van der Waals surface area (Å²) in [5, 5.41) is 22.7. The van der Waals surface area contributed by atoms with E-state index < -0.39 is 0 Å². The quantitative estimate of drug-likeness (QED) is 0.157. The van der Waals surface area contributed by atoms with Gasteiger partial charge < -0.3 is 31.8 Å². The predicted molar refractivity (Wildman–Crippen MR) is 524 cm³/mol. The number of fused-ring (bicyclic) bond motifs is 27. The molecular formula is C114H70N6OS2. The van der Waals surface area contributed by atoms with Crippen LogP contribution < -0.4 is 0 Å². The largest absolute Gasteiger partial charge is 0.456 e. The smallest absolute Gasteiger partial charge is 0.135 e. The fourth-order valence-electron chi connectivity index (χ4n) is 20.2. The van der Waals surface area contributed by atoms with Crippen molar-refractivity contribution in [1.82, 2.24) is 27.4 Å². The third-order valence-electron chi connectivity index (χ3n) is 25.5. The Balaban J connectivity index is 0.0000000993. The maximum atomic E-state index is 6.14. The van der Waals surface area contributed by atoms with Gasteiger partial charge in [-0.3, -0.25) is 0 Å². The van der Waals surface area contributed by atoms with E-state index in [9.17, 15) is 0 Å². The van der Waals surface area contributed by atoms with Gasteiger partial charge in [0.2, 0.25) is 0 Å². The van der Waals surface area contributed by atoms with Crippen LogP contribution in [0.5, 0.6) is 0 Å². The average molecular weight is 1600 g/mol. The van der Waals surface area contributed by atoms with Crippen molar-refractivity contribution in [2.75, 3.05) is 0 Å². The number of hydrogen-bond acceptors (Lipinski definition) is 3. The van der Waals surface area contributed by atoms with E-state index >= 15 is 0 Å². The molecule has 9 aromatic heterocycles. The molecule has 123 heavy (non-hydrogen) atoms. The molecule has 0 aliphatic carbocycles. The maximum Gasteiger partial charge on any atom is 0.135 e. The maximum absolute atomic E-state index is 6.14. The number of rotatable bonds is 7. The number of aromatic nitrogens is 6. The zero-order valence-electron chi connectivity index (χ0n) is 66.3. The lowest BCUT2D eigenvalue weighted by Crippen LogP contribution is -1.94. The summed E-state index contributed by atoms with van der Waals surface area (Å²) < 4.78 is 26.0. The molecule has 0 fully saturated rings. The lowest BCUT2D eigenvalue weighted by atomic mass is 10.0. The molecule has 0 spiro atoms. The molecule has 0 saturated carbocycles. The Kier molecular flexibility index (Phi) is 15.4. The first-order chi connectivity index (χ1) is 61.0. The summed E-state index contributed by atoms with van der Waals surface area (Å²) >= 11 is 3.75. The molecule has 7 nitrogen and oxygen atoms in total. The Morgan fingerprint density at radius 3 is 0.854 bits per heavy atom. The molecule has 28 rings (SSSR count). The van der Waals surface area contributed by atoms with Crippen LogP contribution in [-0.2, 0) is 0 Å². The van der Waals surface area contributed by atoms with Crippen molar-refractivity contribution in [1.29, 1.82) is 0 Å². The van der Waals surface area contributed by atoms with E-state index in [1.54, 1.807) is 0 Å². The third-order valence-corrected chi connectivity index (χ3v) is 27.9. The number of para-hydroxylation sites is 10. The minimum absolute atomic E-state index is 0.911. The molecule has 0 aliphatic heterocycles. The molecule has 0 unspecified atom stereocenters. The zero-order valence-corrected chi connectivity index (χ0v) is 68.0. The van der Waals surface area contributed by atoms with Crippen LogP contribution in [-0.4, -0.2) is 27.4 Å². The van der Waals surface area contributed by atoms with E-state index in [0.29, 0.717) is 0 Å². The Morgan fingerprint density at radius 1 is 0.154 bits per heavy atom. The Hall–Kier alpha value is -15.8. The van der Waals surface area contributed by atoms with Gasteiger partial charge in [0.25, 0.3) is 0 Å². The average Bonchev–Trinajstić information content (AvgIpc) is 1.56. The molecule has 28 aromatic rings. The first kappa shape index (κ1) is 69.2. The summed E-state index contributed by atoms with van der Waals surface area (Å²) in [6, 6.07) is 154. The third kappa shape index (κ3) is 10.6. The second-order valence-electron chi connectivity index (χ2n) is 32.2. The summed E-state index contributed by atoms with van der Waals surface area (Å²) in [6.07, 6.45) is 0. The molecular weight excluding hydrogens is 1530 g/mol. The normalized spacial score (nSPS) is 12.1. The SMILES string of the molecule is c1ccc(-n2c3ccccc3c3cc4c(cc32)c2ccccc2n4-c2ccc(-c3cccc4c3sc3ccccc34)cc2)cc1.c1ccc(-n2c3ccccc3c3cc4c(cc32)c2ccccc2n4-c2ccc3oc4ccccc4c3c2)cc1.c1ccc(-n2c3ccccc3c3cc4c(cc32)c2ccccc2n4-c2ccc3sc4ccccc4c3c2)cc1. The summed E-state index contributed by atoms with van der Waals surface area (Å²) in [5.41, 5.74) is 26.0. The van der Waals surface area contributed by atoms with Gasteiger partial charge in [-0.2, -0.15) is 0 Å². The van der Waals surface area contributed by atoms with Crippen LogP contribution in [0.4, 0.5) is 0 Å². The van der Waals surface area contributed by atoms with Crippen molar-refractivity contribution in [2.24, 2.45) is 0 Å². The van der Waals surface area contributed by atoms with Crippen molar-refractivity contribution in [3.8, 4) is 45.3 Å². The van der Waals surface area contributed by atoms with Crippen LogP contribution in [0.25, 0.3) is 238 Å². The Labute approximate surface area is 712 Å². The summed E-state index contributed by atoms with van der Waals surface area (Å²) in [6.45, 7) is 0. The van der Waals surface area contributed by atoms with Gasteiger partial charge in [-0.15, -0.1) is 22.7 Å². The van der Waals surface area contributed by atoms with Gasteiger partial charge in [0.15, 0.2) is 0 Å². The van der Waals surface area contributed by atoms with E-state index in [1.807, 2.05) is 34.8 Å². The molecule has 574 valence electrons. The Morgan fingerprint density at radius 2 is 0.439 bits per heavy atom. The summed E-state index contributed by atoms with van der Waals surface area (Å²) in [5.74, 6) is 0. The molecule has 19 aromatic carbocycles. The van der Waals surface area contributed by atoms with Crippen molar-refractivity contribution in [3.05, 3.63) is 425 Å². The van der Waals surface area contributed by atoms with Gasteiger partial charge in [0, 0.05) is 150 Å². The molecule has 0 saturated heterocycles. The van der Waals surface area contributed by atoms with Gasteiger partial charge >= 0.3 is 0 Å². The predicted octanol–water partition coefficient (Wildman–Crippen LogP) is 31.9. The van der Waals surface area contributed by atoms with Gasteiger partial charge in [0.1, 0.15) is 11.2 Å². The molecule has 9 heterocycles. The fourth-order valence-corrected chi connectivity index (χ4v) is 22.5. The summed E-state index contributed by atoms with van der Waals surface area (Å²) in [4.78, 5) is 0. The molecule has 9 heteroatoms. The molecule has 0 N–H and O–H groups in total.